The summed E-state index contributed by atoms with van der Waals surface area (Å²) in [5.74, 6) is 0.532. The molecule has 2 N–H and O–H groups in total. The summed E-state index contributed by atoms with van der Waals surface area (Å²) in [7, 11) is 3.72. The minimum atomic E-state index is 0.532. The van der Waals surface area contributed by atoms with Crippen LogP contribution in [0.3, 0.4) is 0 Å². The molecule has 0 saturated heterocycles. The molecular weight excluding hydrogens is 206 g/mol. The van der Waals surface area contributed by atoms with Crippen molar-refractivity contribution in [1.29, 1.82) is 0 Å². The second kappa shape index (κ2) is 4.48. The normalized spacial score (nSPS) is 11.8. The quantitative estimate of drug-likeness (QED) is 0.606. The Balaban J connectivity index is 2.56. The van der Waals surface area contributed by atoms with E-state index in [1.54, 1.807) is 4.90 Å². The molecule has 0 saturated carbocycles. The molecule has 5 heteroatoms. The van der Waals surface area contributed by atoms with Crippen LogP contribution in [0.25, 0.3) is 0 Å². The third-order valence-electron chi connectivity index (χ3n) is 1.48. The van der Waals surface area contributed by atoms with Gasteiger partial charge in [-0.3, -0.25) is 0 Å². The summed E-state index contributed by atoms with van der Waals surface area (Å²) in [4.78, 5) is 7.07. The number of hydrogen-bond donors (Lipinski definition) is 1. The van der Waals surface area contributed by atoms with Crippen LogP contribution in [0.4, 0.5) is 0 Å². The van der Waals surface area contributed by atoms with Gasteiger partial charge in [0.05, 0.1) is 10.9 Å². The van der Waals surface area contributed by atoms with Gasteiger partial charge in [-0.1, -0.05) is 11.6 Å². The second-order valence-electron chi connectivity index (χ2n) is 2.77. The summed E-state index contributed by atoms with van der Waals surface area (Å²) in [5, 5.41) is 0. The van der Waals surface area contributed by atoms with E-state index in [9.17, 15) is 0 Å². The molecular formula is C8H12ClN3S. The van der Waals surface area contributed by atoms with Gasteiger partial charge >= 0.3 is 0 Å². The van der Waals surface area contributed by atoms with E-state index < -0.39 is 0 Å². The first kappa shape index (κ1) is 10.3. The van der Waals surface area contributed by atoms with Gasteiger partial charge in [0.1, 0.15) is 0 Å². The Morgan fingerprint density at radius 2 is 2.31 bits per heavy atom. The summed E-state index contributed by atoms with van der Waals surface area (Å²) in [5.41, 5.74) is 5.62. The average Bonchev–Trinajstić information content (AvgIpc) is 2.47. The molecule has 0 aromatic carbocycles. The first-order chi connectivity index (χ1) is 6.09. The molecule has 0 bridgehead atoms. The Bertz CT molecular complexity index is 306. The van der Waals surface area contributed by atoms with Crippen LogP contribution in [0.2, 0.25) is 4.34 Å². The zero-order valence-corrected chi connectivity index (χ0v) is 9.19. The minimum absolute atomic E-state index is 0.532. The van der Waals surface area contributed by atoms with E-state index in [0.717, 1.165) is 9.21 Å². The molecule has 0 spiro atoms. The molecule has 13 heavy (non-hydrogen) atoms. The van der Waals surface area contributed by atoms with Gasteiger partial charge in [-0.25, -0.2) is 4.99 Å². The number of hydrogen-bond acceptors (Lipinski definition) is 2. The van der Waals surface area contributed by atoms with Crippen LogP contribution in [-0.2, 0) is 6.54 Å². The smallest absolute Gasteiger partial charge is 0.191 e. The highest BCUT2D eigenvalue weighted by Crippen LogP contribution is 2.21. The highest BCUT2D eigenvalue weighted by molar-refractivity contribution is 7.16. The molecule has 0 unspecified atom stereocenters. The molecule has 1 rings (SSSR count). The van der Waals surface area contributed by atoms with Crippen molar-refractivity contribution in [1.82, 2.24) is 4.90 Å². The fourth-order valence-electron chi connectivity index (χ4n) is 0.737. The number of guanidine groups is 1. The zero-order chi connectivity index (χ0) is 9.84. The van der Waals surface area contributed by atoms with E-state index >= 15 is 0 Å². The van der Waals surface area contributed by atoms with Crippen molar-refractivity contribution in [2.75, 3.05) is 14.1 Å². The van der Waals surface area contributed by atoms with Crippen molar-refractivity contribution in [3.8, 4) is 0 Å². The third kappa shape index (κ3) is 3.24. The maximum Gasteiger partial charge on any atom is 0.191 e. The molecule has 1 aromatic heterocycles. The van der Waals surface area contributed by atoms with Gasteiger partial charge in [0.15, 0.2) is 5.96 Å². The average molecular weight is 218 g/mol. The predicted octanol–water partition coefficient (Wildman–Crippen LogP) is 1.78. The van der Waals surface area contributed by atoms with Crippen molar-refractivity contribution in [2.45, 2.75) is 6.54 Å². The summed E-state index contributed by atoms with van der Waals surface area (Å²) < 4.78 is 0.786. The topological polar surface area (TPSA) is 41.6 Å². The first-order valence-corrected chi connectivity index (χ1v) is 5.00. The van der Waals surface area contributed by atoms with Crippen LogP contribution in [-0.4, -0.2) is 25.0 Å². The molecule has 0 radical (unpaired) electrons. The minimum Gasteiger partial charge on any atom is -0.370 e. The molecule has 0 aliphatic carbocycles. The monoisotopic (exact) mass is 217 g/mol. The van der Waals surface area contributed by atoms with Crippen molar-refractivity contribution >= 4 is 28.9 Å². The van der Waals surface area contributed by atoms with E-state index in [2.05, 4.69) is 4.99 Å². The van der Waals surface area contributed by atoms with E-state index in [-0.39, 0.29) is 0 Å². The first-order valence-electron chi connectivity index (χ1n) is 3.81. The predicted molar refractivity (Wildman–Crippen MR) is 58.3 cm³/mol. The Morgan fingerprint density at radius 1 is 1.62 bits per heavy atom. The molecule has 0 aliphatic heterocycles. The number of halogens is 1. The second-order valence-corrected chi connectivity index (χ2v) is 4.57. The molecule has 0 atom stereocenters. The molecule has 1 aromatic rings. The fourth-order valence-corrected chi connectivity index (χ4v) is 1.75. The van der Waals surface area contributed by atoms with E-state index in [1.165, 1.54) is 11.3 Å². The standard InChI is InChI=1S/C8H12ClN3S/c1-12(2)8(10)11-5-6-3-4-7(9)13-6/h3-4H,5H2,1-2H3,(H2,10,11). The molecule has 0 aliphatic rings. The van der Waals surface area contributed by atoms with Gasteiger partial charge in [0.25, 0.3) is 0 Å². The maximum absolute atomic E-state index is 5.77. The van der Waals surface area contributed by atoms with Crippen molar-refractivity contribution in [2.24, 2.45) is 10.7 Å². The number of aliphatic imine (C=N–C) groups is 1. The van der Waals surface area contributed by atoms with Crippen molar-refractivity contribution in [3.05, 3.63) is 21.3 Å². The van der Waals surface area contributed by atoms with Crippen LogP contribution in [0.5, 0.6) is 0 Å². The number of thiophene rings is 1. The van der Waals surface area contributed by atoms with E-state index in [0.29, 0.717) is 12.5 Å². The molecule has 72 valence electrons. The van der Waals surface area contributed by atoms with Crippen LogP contribution < -0.4 is 5.73 Å². The molecule has 3 nitrogen and oxygen atoms in total. The van der Waals surface area contributed by atoms with Gasteiger partial charge in [-0.05, 0) is 12.1 Å². The number of rotatable bonds is 2. The van der Waals surface area contributed by atoms with Crippen molar-refractivity contribution in [3.63, 3.8) is 0 Å². The van der Waals surface area contributed by atoms with Gasteiger partial charge in [0, 0.05) is 19.0 Å². The molecule has 0 fully saturated rings. The lowest BCUT2D eigenvalue weighted by Gasteiger charge is -2.09. The highest BCUT2D eigenvalue weighted by Gasteiger charge is 1.97. The van der Waals surface area contributed by atoms with Crippen LogP contribution >= 0.6 is 22.9 Å². The largest absolute Gasteiger partial charge is 0.370 e. The Kier molecular flexibility index (Phi) is 3.57. The molecule has 0 amide bonds. The summed E-state index contributed by atoms with van der Waals surface area (Å²) >= 11 is 7.29. The summed E-state index contributed by atoms with van der Waals surface area (Å²) in [6, 6.07) is 3.82. The number of nitrogens with two attached hydrogens (primary N) is 1. The Labute approximate surface area is 86.8 Å². The SMILES string of the molecule is CN(C)C(N)=NCc1ccc(Cl)s1. The molecule has 1 heterocycles. The van der Waals surface area contributed by atoms with Gasteiger partial charge in [0.2, 0.25) is 0 Å². The lowest BCUT2D eigenvalue weighted by Crippen LogP contribution is -2.30. The van der Waals surface area contributed by atoms with E-state index in [1.807, 2.05) is 26.2 Å². The zero-order valence-electron chi connectivity index (χ0n) is 7.62. The van der Waals surface area contributed by atoms with E-state index in [4.69, 9.17) is 17.3 Å². The third-order valence-corrected chi connectivity index (χ3v) is 2.70. The maximum atomic E-state index is 5.77. The van der Waals surface area contributed by atoms with Gasteiger partial charge in [-0.2, -0.15) is 0 Å². The van der Waals surface area contributed by atoms with Gasteiger partial charge < -0.3 is 10.6 Å². The highest BCUT2D eigenvalue weighted by atomic mass is 35.5. The Morgan fingerprint density at radius 3 is 2.77 bits per heavy atom. The van der Waals surface area contributed by atoms with Crippen LogP contribution in [0.1, 0.15) is 4.88 Å². The lowest BCUT2D eigenvalue weighted by molar-refractivity contribution is 0.609. The lowest BCUT2D eigenvalue weighted by atomic mass is 10.5. The summed E-state index contributed by atoms with van der Waals surface area (Å²) in [6.45, 7) is 0.599. The fraction of sp³-hybridized carbons (Fsp3) is 0.375. The van der Waals surface area contributed by atoms with Crippen molar-refractivity contribution < 1.29 is 0 Å². The Hall–Kier alpha value is -0.740. The van der Waals surface area contributed by atoms with Crippen LogP contribution in [0, 0.1) is 0 Å². The summed E-state index contributed by atoms with van der Waals surface area (Å²) in [6.07, 6.45) is 0. The number of nitrogens with zero attached hydrogens (tertiary/aromatic N) is 2. The van der Waals surface area contributed by atoms with Crippen LogP contribution in [0.15, 0.2) is 17.1 Å². The van der Waals surface area contributed by atoms with Gasteiger partial charge in [-0.15, -0.1) is 11.3 Å².